The number of rotatable bonds is 7. The first-order valence-electron chi connectivity index (χ1n) is 19.5. The molecule has 1 aliphatic carbocycles. The fraction of sp³-hybridized carbons (Fsp3) is 0.500. The van der Waals surface area contributed by atoms with Gasteiger partial charge in [-0.1, -0.05) is 12.1 Å². The van der Waals surface area contributed by atoms with Crippen molar-refractivity contribution in [2.75, 3.05) is 87.2 Å². The molecule has 10 rings (SSSR count). The Bertz CT molecular complexity index is 2100. The van der Waals surface area contributed by atoms with Crippen LogP contribution in [0.4, 0.5) is 17.2 Å². The van der Waals surface area contributed by atoms with Gasteiger partial charge < -0.3 is 25.0 Å². The molecule has 0 spiro atoms. The van der Waals surface area contributed by atoms with Gasteiger partial charge in [0.05, 0.1) is 40.8 Å². The Labute approximate surface area is 318 Å². The van der Waals surface area contributed by atoms with Crippen molar-refractivity contribution in [3.63, 3.8) is 0 Å². The van der Waals surface area contributed by atoms with Gasteiger partial charge in [-0.05, 0) is 67.5 Å². The Morgan fingerprint density at radius 1 is 0.909 bits per heavy atom. The molecule has 0 bridgehead atoms. The van der Waals surface area contributed by atoms with Crippen LogP contribution in [0.5, 0.6) is 5.75 Å². The van der Waals surface area contributed by atoms with E-state index in [2.05, 4.69) is 53.4 Å². The number of ether oxygens (including phenoxy) is 1. The Morgan fingerprint density at radius 2 is 1.73 bits per heavy atom. The zero-order valence-electron chi connectivity index (χ0n) is 30.8. The third-order valence-electron chi connectivity index (χ3n) is 12.9. The van der Waals surface area contributed by atoms with E-state index in [1.807, 2.05) is 24.3 Å². The quantitative estimate of drug-likeness (QED) is 0.300. The Balaban J connectivity index is 0.730. The number of likely N-dealkylation sites (tertiary alicyclic amines) is 1. The number of piperidine rings is 2. The normalized spacial score (nSPS) is 30.4. The van der Waals surface area contributed by atoms with Gasteiger partial charge in [0.2, 0.25) is 11.8 Å². The summed E-state index contributed by atoms with van der Waals surface area (Å²) in [6, 6.07) is 14.0. The summed E-state index contributed by atoms with van der Waals surface area (Å²) in [5.74, 6) is 1.15. The first-order valence-corrected chi connectivity index (χ1v) is 19.5. The highest BCUT2D eigenvalue weighted by Crippen LogP contribution is 2.52. The molecule has 0 radical (unpaired) electrons. The minimum atomic E-state index is -0.980. The van der Waals surface area contributed by atoms with Crippen LogP contribution in [-0.2, 0) is 14.3 Å². The number of nitrogens with one attached hydrogen (secondary N) is 2. The van der Waals surface area contributed by atoms with Crippen molar-refractivity contribution in [2.45, 2.75) is 37.5 Å². The van der Waals surface area contributed by atoms with Gasteiger partial charge in [-0.3, -0.25) is 39.2 Å². The van der Waals surface area contributed by atoms with Gasteiger partial charge >= 0.3 is 0 Å². The minimum absolute atomic E-state index is 0.0910. The number of nitrogens with zero attached hydrogens (tertiary/aromatic N) is 7. The number of fused-ring (bicyclic) bond motifs is 5. The SMILES string of the molecule is CC1(CN2C[C@@H]3C(CN4CCN5c6cc(-c7ccccc7O)nnc6NC[C@H]5C4)[C@@H]3C2)CN(c2ccc3c(c2)C(=O)N(C2CCC(=O)NC2=O)C3=O)CCO1. The molecule has 7 aliphatic rings. The molecule has 5 fully saturated rings. The third-order valence-corrected chi connectivity index (χ3v) is 12.9. The van der Waals surface area contributed by atoms with Gasteiger partial charge in [0.25, 0.3) is 11.8 Å². The zero-order chi connectivity index (χ0) is 37.6. The van der Waals surface area contributed by atoms with E-state index in [1.165, 1.54) is 0 Å². The number of morpholine rings is 1. The van der Waals surface area contributed by atoms with Crippen LogP contribution in [0.1, 0.15) is 40.5 Å². The largest absolute Gasteiger partial charge is 0.507 e. The number of hydrogen-bond donors (Lipinski definition) is 3. The molecular weight excluding hydrogens is 702 g/mol. The number of aromatic hydroxyl groups is 1. The van der Waals surface area contributed by atoms with E-state index >= 15 is 0 Å². The molecule has 6 aliphatic heterocycles. The molecule has 3 N–H and O–H groups in total. The maximum Gasteiger partial charge on any atom is 0.262 e. The second-order valence-electron chi connectivity index (χ2n) is 16.6. The Hall–Kier alpha value is -5.12. The molecule has 2 aromatic carbocycles. The van der Waals surface area contributed by atoms with Gasteiger partial charge in [0.15, 0.2) is 5.82 Å². The van der Waals surface area contributed by atoms with Crippen LogP contribution < -0.4 is 20.4 Å². The average Bonchev–Trinajstić information content (AvgIpc) is 3.49. The molecular formula is C40H45N9O6. The Morgan fingerprint density at radius 3 is 2.55 bits per heavy atom. The van der Waals surface area contributed by atoms with E-state index in [4.69, 9.17) is 4.74 Å². The maximum absolute atomic E-state index is 13.5. The van der Waals surface area contributed by atoms with E-state index in [0.717, 1.165) is 74.5 Å². The van der Waals surface area contributed by atoms with Crippen molar-refractivity contribution >= 4 is 40.8 Å². The van der Waals surface area contributed by atoms with Crippen LogP contribution in [0, 0.1) is 17.8 Å². The number of benzene rings is 2. The topological polar surface area (TPSA) is 164 Å². The number of para-hydroxylation sites is 1. The highest BCUT2D eigenvalue weighted by atomic mass is 16.5. The van der Waals surface area contributed by atoms with E-state index in [9.17, 15) is 24.3 Å². The predicted molar refractivity (Wildman–Crippen MR) is 202 cm³/mol. The summed E-state index contributed by atoms with van der Waals surface area (Å²) in [6.07, 6.45) is 0.225. The van der Waals surface area contributed by atoms with Crippen LogP contribution in [0.2, 0.25) is 0 Å². The third kappa shape index (κ3) is 5.99. The second-order valence-corrected chi connectivity index (χ2v) is 16.6. The standard InChI is InChI=1S/C40H45N9O6/c1-40(22-47(12-13-55-40)23-6-7-25-27(14-23)39(54)49(38(25)53)32-8-9-35(51)42-37(32)52)21-46-19-29-28(30(29)20-46)18-45-10-11-48-24(17-45)16-41-36-33(48)15-31(43-44-36)26-4-2-3-5-34(26)50/h2-7,14-15,24,28-30,32,50H,8-13,16-22H2,1H3,(H,41,44)(H,42,51,52)/t24-,28?,29-,30+,32?,40?/m0/s1. The van der Waals surface area contributed by atoms with Gasteiger partial charge in [0, 0.05) is 83.1 Å². The maximum atomic E-state index is 13.5. The monoisotopic (exact) mass is 747 g/mol. The van der Waals surface area contributed by atoms with Crippen LogP contribution in [0.3, 0.4) is 0 Å². The number of imide groups is 2. The number of amides is 4. The molecule has 4 amide bonds. The number of phenols is 1. The van der Waals surface area contributed by atoms with Crippen molar-refractivity contribution in [3.05, 3.63) is 59.7 Å². The van der Waals surface area contributed by atoms with E-state index in [1.54, 1.807) is 18.2 Å². The van der Waals surface area contributed by atoms with Crippen LogP contribution in [0.15, 0.2) is 48.5 Å². The molecule has 3 aromatic rings. The number of carbonyl (C=O) groups is 4. The lowest BCUT2D eigenvalue weighted by Crippen LogP contribution is -2.58. The van der Waals surface area contributed by atoms with E-state index in [0.29, 0.717) is 60.3 Å². The molecule has 1 saturated carbocycles. The molecule has 6 atom stereocenters. The highest BCUT2D eigenvalue weighted by Gasteiger charge is 2.57. The molecule has 286 valence electrons. The summed E-state index contributed by atoms with van der Waals surface area (Å²) >= 11 is 0. The first kappa shape index (κ1) is 34.4. The fourth-order valence-electron chi connectivity index (χ4n) is 10.2. The van der Waals surface area contributed by atoms with Crippen molar-refractivity contribution in [3.8, 4) is 17.0 Å². The van der Waals surface area contributed by atoms with Gasteiger partial charge in [0.1, 0.15) is 11.8 Å². The summed E-state index contributed by atoms with van der Waals surface area (Å²) < 4.78 is 6.41. The van der Waals surface area contributed by atoms with Crippen molar-refractivity contribution in [1.29, 1.82) is 0 Å². The summed E-state index contributed by atoms with van der Waals surface area (Å²) in [6.45, 7) is 11.9. The summed E-state index contributed by atoms with van der Waals surface area (Å²) in [4.78, 5) is 61.8. The number of piperazine rings is 1. The second kappa shape index (κ2) is 13.0. The highest BCUT2D eigenvalue weighted by molar-refractivity contribution is 6.23. The van der Waals surface area contributed by atoms with Crippen LogP contribution >= 0.6 is 0 Å². The predicted octanol–water partition coefficient (Wildman–Crippen LogP) is 1.64. The molecule has 55 heavy (non-hydrogen) atoms. The fourth-order valence-corrected chi connectivity index (χ4v) is 10.2. The molecule has 7 heterocycles. The summed E-state index contributed by atoms with van der Waals surface area (Å²) in [7, 11) is 0. The van der Waals surface area contributed by atoms with Crippen molar-refractivity contribution in [1.82, 2.24) is 30.2 Å². The first-order chi connectivity index (χ1) is 26.6. The number of anilines is 3. The molecule has 3 unspecified atom stereocenters. The number of aromatic nitrogens is 2. The number of phenolic OH excluding ortho intramolecular Hbond substituents is 1. The van der Waals surface area contributed by atoms with E-state index < -0.39 is 29.4 Å². The van der Waals surface area contributed by atoms with Gasteiger partial charge in [-0.15, -0.1) is 10.2 Å². The Kier molecular flexibility index (Phi) is 8.12. The summed E-state index contributed by atoms with van der Waals surface area (Å²) in [5.41, 5.74) is 3.45. The van der Waals surface area contributed by atoms with Gasteiger partial charge in [-0.2, -0.15) is 0 Å². The van der Waals surface area contributed by atoms with Crippen molar-refractivity contribution in [2.24, 2.45) is 17.8 Å². The van der Waals surface area contributed by atoms with Gasteiger partial charge in [-0.25, -0.2) is 0 Å². The lowest BCUT2D eigenvalue weighted by molar-refractivity contribution is -0.136. The van der Waals surface area contributed by atoms with Crippen LogP contribution in [-0.4, -0.2) is 143 Å². The zero-order valence-corrected chi connectivity index (χ0v) is 30.8. The average molecular weight is 748 g/mol. The lowest BCUT2D eigenvalue weighted by atomic mass is 10.0. The smallest absolute Gasteiger partial charge is 0.262 e. The van der Waals surface area contributed by atoms with E-state index in [-0.39, 0.29) is 30.1 Å². The molecule has 4 saturated heterocycles. The molecule has 15 heteroatoms. The van der Waals surface area contributed by atoms with Crippen molar-refractivity contribution < 1.29 is 29.0 Å². The number of hydrogen-bond acceptors (Lipinski definition) is 13. The molecule has 15 nitrogen and oxygen atoms in total. The minimum Gasteiger partial charge on any atom is -0.507 e. The number of carbonyl (C=O) groups excluding carboxylic acids is 4. The lowest BCUT2D eigenvalue weighted by Gasteiger charge is -2.46. The molecule has 1 aromatic heterocycles. The van der Waals surface area contributed by atoms with Crippen LogP contribution in [0.25, 0.3) is 11.3 Å². The summed E-state index contributed by atoms with van der Waals surface area (Å²) in [5, 5.41) is 25.0.